The number of nitrogens with one attached hydrogen (secondary N) is 1. The van der Waals surface area contributed by atoms with Crippen LogP contribution in [0.4, 0.5) is 4.79 Å². The molecule has 0 saturated carbocycles. The average molecular weight is 550 g/mol. The number of ether oxygens (including phenoxy) is 8. The van der Waals surface area contributed by atoms with Crippen LogP contribution in [-0.4, -0.2) is 122 Å². The molecular weight excluding hydrogens is 502 g/mol. The van der Waals surface area contributed by atoms with Gasteiger partial charge in [0.05, 0.1) is 98.9 Å². The number of rotatable bonds is 25. The third-order valence-electron chi connectivity index (χ3n) is 5.20. The minimum Gasteiger partial charge on any atom is -0.481 e. The number of carbonyl (C=O) groups excluding carboxylic acids is 1. The number of alkyl carbamates (subject to hydrolysis) is 1. The van der Waals surface area contributed by atoms with E-state index in [-0.39, 0.29) is 25.2 Å². The minimum atomic E-state index is -0.875. The van der Waals surface area contributed by atoms with Crippen LogP contribution in [-0.2, 0) is 42.7 Å². The molecule has 12 nitrogen and oxygen atoms in total. The second-order valence-corrected chi connectivity index (χ2v) is 8.36. The van der Waals surface area contributed by atoms with Gasteiger partial charge in [-0.1, -0.05) is 12.2 Å². The van der Waals surface area contributed by atoms with Crippen molar-refractivity contribution in [3.8, 4) is 0 Å². The summed E-state index contributed by atoms with van der Waals surface area (Å²) in [4.78, 5) is 22.2. The molecule has 1 amide bonds. The van der Waals surface area contributed by atoms with Crippen LogP contribution in [0.1, 0.15) is 38.5 Å². The maximum Gasteiger partial charge on any atom is 0.407 e. The van der Waals surface area contributed by atoms with Gasteiger partial charge in [0.15, 0.2) is 0 Å². The summed E-state index contributed by atoms with van der Waals surface area (Å²) in [5, 5.41) is 11.2. The summed E-state index contributed by atoms with van der Waals surface area (Å²) >= 11 is 0. The number of carboxylic acid groups (broad SMARTS) is 1. The molecule has 1 unspecified atom stereocenters. The number of carboxylic acids is 1. The molecule has 38 heavy (non-hydrogen) atoms. The van der Waals surface area contributed by atoms with E-state index in [2.05, 4.69) is 17.5 Å². The lowest BCUT2D eigenvalue weighted by molar-refractivity contribution is -0.138. The van der Waals surface area contributed by atoms with Gasteiger partial charge in [-0.05, 0) is 32.1 Å². The standard InChI is InChI=1S/C26H47NO11/c28-25(29)8-10-31-12-14-33-16-18-35-20-22-37-23-21-36-19-17-34-15-13-32-11-9-27-26(30)38-24-6-4-2-1-3-5-7-24/h1-2,24H,3-23H2,(H,27,30)(H,28,29)/b2-1+. The summed E-state index contributed by atoms with van der Waals surface area (Å²) in [6.45, 7) is 6.41. The Balaban J connectivity index is 1.70. The van der Waals surface area contributed by atoms with Crippen LogP contribution in [0, 0.1) is 0 Å². The monoisotopic (exact) mass is 549 g/mol. The molecule has 0 bridgehead atoms. The molecule has 1 aliphatic rings. The summed E-state index contributed by atoms with van der Waals surface area (Å²) in [6, 6.07) is 0. The molecule has 12 heteroatoms. The highest BCUT2D eigenvalue weighted by Crippen LogP contribution is 2.15. The Morgan fingerprint density at radius 2 is 1.08 bits per heavy atom. The smallest absolute Gasteiger partial charge is 0.407 e. The molecule has 0 radical (unpaired) electrons. The molecule has 1 aliphatic carbocycles. The normalized spacial score (nSPS) is 16.5. The molecule has 0 aromatic carbocycles. The van der Waals surface area contributed by atoms with Gasteiger partial charge in [-0.3, -0.25) is 4.79 Å². The highest BCUT2D eigenvalue weighted by atomic mass is 16.6. The van der Waals surface area contributed by atoms with Crippen molar-refractivity contribution in [2.24, 2.45) is 0 Å². The first-order chi connectivity index (χ1) is 18.7. The Labute approximate surface area is 226 Å². The highest BCUT2D eigenvalue weighted by Gasteiger charge is 2.14. The minimum absolute atomic E-state index is 0.00268. The lowest BCUT2D eigenvalue weighted by Crippen LogP contribution is -2.31. The van der Waals surface area contributed by atoms with E-state index in [1.54, 1.807) is 0 Å². The fourth-order valence-electron chi connectivity index (χ4n) is 3.24. The molecule has 0 fully saturated rings. The first kappa shape index (κ1) is 34.2. The van der Waals surface area contributed by atoms with Crippen molar-refractivity contribution in [2.75, 3.05) is 99.0 Å². The average Bonchev–Trinajstić information content (AvgIpc) is 2.88. The van der Waals surface area contributed by atoms with Crippen LogP contribution in [0.2, 0.25) is 0 Å². The Hall–Kier alpha value is -1.80. The van der Waals surface area contributed by atoms with E-state index in [0.29, 0.717) is 92.4 Å². The number of hydrogen-bond donors (Lipinski definition) is 2. The molecular formula is C26H47NO11. The van der Waals surface area contributed by atoms with Gasteiger partial charge in [-0.15, -0.1) is 0 Å². The zero-order chi connectivity index (χ0) is 27.4. The van der Waals surface area contributed by atoms with Crippen molar-refractivity contribution in [2.45, 2.75) is 44.6 Å². The number of aliphatic carboxylic acids is 1. The predicted octanol–water partition coefficient (Wildman–Crippen LogP) is 2.19. The largest absolute Gasteiger partial charge is 0.481 e. The zero-order valence-corrected chi connectivity index (χ0v) is 22.6. The molecule has 0 heterocycles. The maximum atomic E-state index is 11.9. The van der Waals surface area contributed by atoms with E-state index in [4.69, 9.17) is 43.0 Å². The van der Waals surface area contributed by atoms with Crippen LogP contribution in [0.5, 0.6) is 0 Å². The second kappa shape index (κ2) is 26.8. The topological polar surface area (TPSA) is 140 Å². The van der Waals surface area contributed by atoms with Crippen molar-refractivity contribution in [1.82, 2.24) is 5.32 Å². The number of amides is 1. The Morgan fingerprint density at radius 1 is 0.632 bits per heavy atom. The zero-order valence-electron chi connectivity index (χ0n) is 22.6. The second-order valence-electron chi connectivity index (χ2n) is 8.36. The van der Waals surface area contributed by atoms with Crippen LogP contribution in [0.25, 0.3) is 0 Å². The summed E-state index contributed by atoms with van der Waals surface area (Å²) in [6.07, 6.45) is 8.78. The molecule has 2 N–H and O–H groups in total. The molecule has 0 aliphatic heterocycles. The molecule has 0 spiro atoms. The van der Waals surface area contributed by atoms with Gasteiger partial charge in [0.25, 0.3) is 0 Å². The summed E-state index contributed by atoms with van der Waals surface area (Å²) in [7, 11) is 0. The molecule has 1 atom stereocenters. The maximum absolute atomic E-state index is 11.9. The number of hydrogen-bond acceptors (Lipinski definition) is 10. The molecule has 0 saturated heterocycles. The third-order valence-corrected chi connectivity index (χ3v) is 5.20. The van der Waals surface area contributed by atoms with Gasteiger partial charge >= 0.3 is 12.1 Å². The first-order valence-electron chi connectivity index (χ1n) is 13.5. The van der Waals surface area contributed by atoms with Crippen LogP contribution < -0.4 is 5.32 Å². The van der Waals surface area contributed by atoms with Crippen LogP contribution in [0.15, 0.2) is 12.2 Å². The number of allylic oxidation sites excluding steroid dienone is 2. The van der Waals surface area contributed by atoms with Gasteiger partial charge in [-0.25, -0.2) is 4.79 Å². The van der Waals surface area contributed by atoms with Crippen molar-refractivity contribution < 1.29 is 52.6 Å². The fraction of sp³-hybridized carbons (Fsp3) is 0.846. The van der Waals surface area contributed by atoms with Gasteiger partial charge in [0.1, 0.15) is 6.10 Å². The van der Waals surface area contributed by atoms with Gasteiger partial charge in [0, 0.05) is 6.54 Å². The van der Waals surface area contributed by atoms with Gasteiger partial charge in [-0.2, -0.15) is 0 Å². The van der Waals surface area contributed by atoms with E-state index < -0.39 is 5.97 Å². The Kier molecular flexibility index (Phi) is 24.1. The Morgan fingerprint density at radius 3 is 1.58 bits per heavy atom. The predicted molar refractivity (Wildman–Crippen MR) is 138 cm³/mol. The highest BCUT2D eigenvalue weighted by molar-refractivity contribution is 5.67. The molecule has 1 rings (SSSR count). The third kappa shape index (κ3) is 24.5. The molecule has 0 aromatic heterocycles. The van der Waals surface area contributed by atoms with Crippen molar-refractivity contribution >= 4 is 12.1 Å². The lowest BCUT2D eigenvalue weighted by Gasteiger charge is -2.18. The Bertz CT molecular complexity index is 592. The number of carbonyl (C=O) groups is 2. The van der Waals surface area contributed by atoms with Gasteiger partial charge in [0.2, 0.25) is 0 Å². The van der Waals surface area contributed by atoms with E-state index in [1.165, 1.54) is 0 Å². The van der Waals surface area contributed by atoms with Crippen molar-refractivity contribution in [3.63, 3.8) is 0 Å². The van der Waals surface area contributed by atoms with E-state index in [1.807, 2.05) is 0 Å². The van der Waals surface area contributed by atoms with Crippen molar-refractivity contribution in [1.29, 1.82) is 0 Å². The summed E-state index contributed by atoms with van der Waals surface area (Å²) in [5.41, 5.74) is 0. The summed E-state index contributed by atoms with van der Waals surface area (Å²) in [5.74, 6) is -0.875. The quantitative estimate of drug-likeness (QED) is 0.128. The van der Waals surface area contributed by atoms with Gasteiger partial charge < -0.3 is 48.3 Å². The van der Waals surface area contributed by atoms with Crippen LogP contribution >= 0.6 is 0 Å². The van der Waals surface area contributed by atoms with E-state index in [9.17, 15) is 9.59 Å². The first-order valence-corrected chi connectivity index (χ1v) is 13.5. The molecule has 222 valence electrons. The molecule has 0 aromatic rings. The fourth-order valence-corrected chi connectivity index (χ4v) is 3.24. The van der Waals surface area contributed by atoms with E-state index in [0.717, 1.165) is 32.1 Å². The van der Waals surface area contributed by atoms with E-state index >= 15 is 0 Å². The van der Waals surface area contributed by atoms with Crippen molar-refractivity contribution in [3.05, 3.63) is 12.2 Å². The lowest BCUT2D eigenvalue weighted by atomic mass is 10.0. The summed E-state index contributed by atoms with van der Waals surface area (Å²) < 4.78 is 43.0. The van der Waals surface area contributed by atoms with Crippen LogP contribution in [0.3, 0.4) is 0 Å². The SMILES string of the molecule is O=C(O)CCOCCOCCOCCOCCOCCOCCOCCNC(=O)OC1CC/C=C/CCC1.